The first kappa shape index (κ1) is 19.6. The summed E-state index contributed by atoms with van der Waals surface area (Å²) in [6.45, 7) is 5.93. The van der Waals surface area contributed by atoms with E-state index in [2.05, 4.69) is 11.4 Å². The van der Waals surface area contributed by atoms with Crippen molar-refractivity contribution in [2.24, 2.45) is 5.92 Å². The molecule has 1 N–H and O–H groups in total. The lowest BCUT2D eigenvalue weighted by atomic mass is 10.0. The van der Waals surface area contributed by atoms with Crippen LogP contribution in [0.15, 0.2) is 47.8 Å². The van der Waals surface area contributed by atoms with Gasteiger partial charge in [-0.2, -0.15) is 0 Å². The van der Waals surface area contributed by atoms with Crippen LogP contribution < -0.4 is 5.32 Å². The van der Waals surface area contributed by atoms with E-state index in [1.807, 2.05) is 32.9 Å². The number of hydrogen-bond donors (Lipinski definition) is 1. The minimum atomic E-state index is -0.538. The molecule has 2 heterocycles. The Balaban J connectivity index is 1.29. The number of likely N-dealkylation sites (tertiary alicyclic amines) is 1. The number of hydrogen-bond acceptors (Lipinski definition) is 5. The third-order valence-corrected chi connectivity index (χ3v) is 5.45. The van der Waals surface area contributed by atoms with Gasteiger partial charge in [0.15, 0.2) is 5.76 Å². The van der Waals surface area contributed by atoms with Gasteiger partial charge in [0.25, 0.3) is 5.91 Å². The van der Waals surface area contributed by atoms with Gasteiger partial charge in [-0.05, 0) is 57.9 Å². The fraction of sp³-hybridized carbons (Fsp3) is 0.545. The van der Waals surface area contributed by atoms with Crippen LogP contribution in [-0.2, 0) is 19.0 Å². The molecule has 0 spiro atoms. The van der Waals surface area contributed by atoms with Crippen molar-refractivity contribution in [3.63, 3.8) is 0 Å². The second-order valence-electron chi connectivity index (χ2n) is 8.91. The van der Waals surface area contributed by atoms with Gasteiger partial charge in [0.2, 0.25) is 5.76 Å². The Labute approximate surface area is 171 Å². The van der Waals surface area contributed by atoms with Gasteiger partial charge in [0, 0.05) is 12.6 Å². The Bertz CT molecular complexity index is 818. The van der Waals surface area contributed by atoms with Gasteiger partial charge in [-0.3, -0.25) is 4.79 Å². The van der Waals surface area contributed by atoms with E-state index in [9.17, 15) is 9.59 Å². The number of amides is 2. The summed E-state index contributed by atoms with van der Waals surface area (Å²) in [5.74, 6) is 0.884. The maximum atomic E-state index is 12.6. The van der Waals surface area contributed by atoms with Crippen molar-refractivity contribution in [1.29, 1.82) is 0 Å². The van der Waals surface area contributed by atoms with Crippen LogP contribution >= 0.6 is 0 Å². The molecule has 7 heteroatoms. The highest BCUT2D eigenvalue weighted by Gasteiger charge is 2.54. The summed E-state index contributed by atoms with van der Waals surface area (Å²) in [6, 6.07) is 0.177. The summed E-state index contributed by atoms with van der Waals surface area (Å²) < 4.78 is 16.6. The molecule has 29 heavy (non-hydrogen) atoms. The Morgan fingerprint density at radius 3 is 2.72 bits per heavy atom. The topological polar surface area (TPSA) is 77.1 Å². The molecule has 3 atom stereocenters. The molecule has 4 rings (SSSR count). The highest BCUT2D eigenvalue weighted by atomic mass is 16.6. The molecule has 0 aromatic heterocycles. The Hall–Kier alpha value is -2.70. The first-order chi connectivity index (χ1) is 13.8. The fourth-order valence-electron chi connectivity index (χ4n) is 3.99. The van der Waals surface area contributed by atoms with Crippen molar-refractivity contribution in [3.05, 3.63) is 47.8 Å². The van der Waals surface area contributed by atoms with E-state index in [1.54, 1.807) is 4.90 Å². The van der Waals surface area contributed by atoms with Crippen LogP contribution in [0.2, 0.25) is 0 Å². The summed E-state index contributed by atoms with van der Waals surface area (Å²) in [5, 5.41) is 2.86. The van der Waals surface area contributed by atoms with Gasteiger partial charge in [0.1, 0.15) is 18.1 Å². The van der Waals surface area contributed by atoms with E-state index in [4.69, 9.17) is 14.2 Å². The summed E-state index contributed by atoms with van der Waals surface area (Å²) >= 11 is 0. The van der Waals surface area contributed by atoms with E-state index in [0.29, 0.717) is 18.2 Å². The molecule has 2 aliphatic heterocycles. The van der Waals surface area contributed by atoms with Crippen LogP contribution in [0.1, 0.15) is 46.5 Å². The number of piperidine rings is 1. The van der Waals surface area contributed by atoms with Crippen molar-refractivity contribution >= 4 is 12.0 Å². The highest BCUT2D eigenvalue weighted by molar-refractivity contribution is 5.91. The van der Waals surface area contributed by atoms with Crippen molar-refractivity contribution in [2.45, 2.75) is 64.1 Å². The third-order valence-electron chi connectivity index (χ3n) is 5.45. The van der Waals surface area contributed by atoms with Crippen molar-refractivity contribution in [3.8, 4) is 0 Å². The third kappa shape index (κ3) is 4.49. The van der Waals surface area contributed by atoms with Crippen LogP contribution in [0.25, 0.3) is 0 Å². The lowest BCUT2D eigenvalue weighted by Gasteiger charge is -2.30. The number of ether oxygens (including phenoxy) is 3. The average Bonchev–Trinajstić information content (AvgIpc) is 3.35. The minimum Gasteiger partial charge on any atom is -0.457 e. The molecular weight excluding hydrogens is 372 g/mol. The zero-order valence-corrected chi connectivity index (χ0v) is 17.1. The van der Waals surface area contributed by atoms with E-state index < -0.39 is 5.60 Å². The molecule has 0 radical (unpaired) electrons. The predicted molar refractivity (Wildman–Crippen MR) is 106 cm³/mol. The van der Waals surface area contributed by atoms with Gasteiger partial charge in [0.05, 0.1) is 6.04 Å². The molecule has 156 valence electrons. The van der Waals surface area contributed by atoms with E-state index in [1.165, 1.54) is 12.5 Å². The predicted octanol–water partition coefficient (Wildman–Crippen LogP) is 3.51. The van der Waals surface area contributed by atoms with Crippen molar-refractivity contribution in [1.82, 2.24) is 10.2 Å². The standard InChI is InChI=1S/C22H28N2O5/c1-22(2,3)29-21(26)24-16(9-15-10-17(15)24)11-23-20(25)19-13-27-18(12-28-19)14-7-5-4-6-8-14/h4-5,7,12-13,15-17H,6,8-11H2,1-3H3,(H,23,25)/t15-,16+,17+/m1/s1. The van der Waals surface area contributed by atoms with Crippen molar-refractivity contribution < 1.29 is 23.8 Å². The van der Waals surface area contributed by atoms with Gasteiger partial charge >= 0.3 is 6.09 Å². The molecule has 2 fully saturated rings. The number of fused-ring (bicyclic) bond motifs is 1. The number of carbonyl (C=O) groups is 2. The summed E-state index contributed by atoms with van der Waals surface area (Å²) in [6.07, 6.45) is 12.3. The van der Waals surface area contributed by atoms with Crippen LogP contribution in [0.5, 0.6) is 0 Å². The molecule has 0 aromatic rings. The number of nitrogens with one attached hydrogen (secondary N) is 1. The lowest BCUT2D eigenvalue weighted by molar-refractivity contribution is -0.120. The molecule has 7 nitrogen and oxygen atoms in total. The number of carbonyl (C=O) groups excluding carboxylic acids is 2. The lowest BCUT2D eigenvalue weighted by Crippen LogP contribution is -2.47. The maximum absolute atomic E-state index is 12.6. The first-order valence-electron chi connectivity index (χ1n) is 10.2. The maximum Gasteiger partial charge on any atom is 0.410 e. The SMILES string of the molecule is CC(C)(C)OC(=O)N1[C@H](CNC(=O)C2=COC(C3=CC=CCC3)=CO2)C[C@@H]2C[C@@H]21. The molecular formula is C22H28N2O5. The molecule has 4 aliphatic rings. The fourth-order valence-corrected chi connectivity index (χ4v) is 3.99. The zero-order valence-electron chi connectivity index (χ0n) is 17.1. The molecule has 2 aliphatic carbocycles. The Morgan fingerprint density at radius 2 is 2.07 bits per heavy atom. The second-order valence-corrected chi connectivity index (χ2v) is 8.91. The molecule has 2 amide bonds. The normalized spacial score (nSPS) is 27.6. The summed E-state index contributed by atoms with van der Waals surface area (Å²) in [7, 11) is 0. The molecule has 0 bridgehead atoms. The van der Waals surface area contributed by atoms with E-state index in [-0.39, 0.29) is 29.8 Å². The average molecular weight is 400 g/mol. The molecule has 0 aromatic carbocycles. The number of rotatable bonds is 4. The quantitative estimate of drug-likeness (QED) is 0.782. The van der Waals surface area contributed by atoms with Gasteiger partial charge < -0.3 is 24.4 Å². The Morgan fingerprint density at radius 1 is 1.24 bits per heavy atom. The highest BCUT2D eigenvalue weighted by Crippen LogP contribution is 2.48. The van der Waals surface area contributed by atoms with Gasteiger partial charge in [-0.25, -0.2) is 4.79 Å². The molecule has 0 unspecified atom stereocenters. The summed E-state index contributed by atoms with van der Waals surface area (Å²) in [5.41, 5.74) is 0.505. The van der Waals surface area contributed by atoms with E-state index >= 15 is 0 Å². The zero-order chi connectivity index (χ0) is 20.6. The molecule has 1 saturated carbocycles. The van der Waals surface area contributed by atoms with Crippen LogP contribution in [-0.4, -0.2) is 41.1 Å². The summed E-state index contributed by atoms with van der Waals surface area (Å²) in [4.78, 5) is 26.8. The van der Waals surface area contributed by atoms with Crippen LogP contribution in [0, 0.1) is 5.92 Å². The van der Waals surface area contributed by atoms with Gasteiger partial charge in [-0.1, -0.05) is 18.2 Å². The van der Waals surface area contributed by atoms with E-state index in [0.717, 1.165) is 31.3 Å². The number of nitrogens with zero attached hydrogens (tertiary/aromatic N) is 1. The Kier molecular flexibility index (Phi) is 5.15. The molecule has 1 saturated heterocycles. The first-order valence-corrected chi connectivity index (χ1v) is 10.2. The van der Waals surface area contributed by atoms with Gasteiger partial charge in [-0.15, -0.1) is 0 Å². The second kappa shape index (κ2) is 7.61. The van der Waals surface area contributed by atoms with Crippen LogP contribution in [0.4, 0.5) is 4.79 Å². The smallest absolute Gasteiger partial charge is 0.410 e. The van der Waals surface area contributed by atoms with Crippen molar-refractivity contribution in [2.75, 3.05) is 6.54 Å². The number of allylic oxidation sites excluding steroid dienone is 4. The minimum absolute atomic E-state index is 0.0621. The monoisotopic (exact) mass is 400 g/mol. The van der Waals surface area contributed by atoms with Crippen LogP contribution in [0.3, 0.4) is 0 Å². The largest absolute Gasteiger partial charge is 0.457 e.